The third kappa shape index (κ3) is 6.57. The second kappa shape index (κ2) is 10.7. The van der Waals surface area contributed by atoms with E-state index in [-0.39, 0.29) is 39.9 Å². The summed E-state index contributed by atoms with van der Waals surface area (Å²) >= 11 is 5.99. The highest BCUT2D eigenvalue weighted by Crippen LogP contribution is 2.24. The van der Waals surface area contributed by atoms with Crippen LogP contribution in [0.15, 0.2) is 76.2 Å². The lowest BCUT2D eigenvalue weighted by molar-refractivity contribution is -0.121. The molecule has 1 heterocycles. The number of anilines is 1. The number of hydrogen-bond acceptors (Lipinski definition) is 6. The Morgan fingerprint density at radius 1 is 0.909 bits per heavy atom. The Labute approximate surface area is 194 Å². The van der Waals surface area contributed by atoms with Crippen molar-refractivity contribution in [2.45, 2.75) is 11.3 Å². The molecule has 0 aliphatic carbocycles. The van der Waals surface area contributed by atoms with Crippen LogP contribution >= 0.6 is 11.6 Å². The van der Waals surface area contributed by atoms with E-state index in [0.29, 0.717) is 0 Å². The summed E-state index contributed by atoms with van der Waals surface area (Å²) in [7, 11) is -4.01. The van der Waals surface area contributed by atoms with E-state index < -0.39 is 27.7 Å². The number of sulfonamides is 1. The number of furan rings is 1. The maximum absolute atomic E-state index is 12.6. The van der Waals surface area contributed by atoms with E-state index in [1.807, 2.05) is 0 Å². The summed E-state index contributed by atoms with van der Waals surface area (Å²) in [5.41, 5.74) is 4.59. The molecular weight excluding hydrogens is 472 g/mol. The molecule has 172 valence electrons. The van der Waals surface area contributed by atoms with E-state index in [9.17, 15) is 22.8 Å². The number of carbonyl (C=O) groups is 3. The van der Waals surface area contributed by atoms with Gasteiger partial charge in [-0.05, 0) is 42.5 Å². The zero-order chi connectivity index (χ0) is 23.8. The summed E-state index contributed by atoms with van der Waals surface area (Å²) in [5.74, 6) is -1.65. The Hall–Kier alpha value is -3.83. The third-order valence-electron chi connectivity index (χ3n) is 4.22. The van der Waals surface area contributed by atoms with Gasteiger partial charge in [-0.25, -0.2) is 8.42 Å². The van der Waals surface area contributed by atoms with Crippen molar-refractivity contribution in [2.75, 3.05) is 11.3 Å². The highest BCUT2D eigenvalue weighted by Gasteiger charge is 2.18. The minimum absolute atomic E-state index is 0.00320. The molecule has 0 unspecified atom stereocenters. The van der Waals surface area contributed by atoms with Gasteiger partial charge in [-0.3, -0.25) is 30.0 Å². The minimum Gasteiger partial charge on any atom is -0.459 e. The fraction of sp³-hybridized carbons (Fsp3) is 0.0952. The Balaban J connectivity index is 1.53. The highest BCUT2D eigenvalue weighted by atomic mass is 35.5. The lowest BCUT2D eigenvalue weighted by Crippen LogP contribution is -2.42. The second-order valence-electron chi connectivity index (χ2n) is 6.60. The van der Waals surface area contributed by atoms with Gasteiger partial charge in [-0.15, -0.1) is 0 Å². The molecule has 0 aliphatic rings. The van der Waals surface area contributed by atoms with Crippen LogP contribution in [0.2, 0.25) is 5.02 Å². The fourth-order valence-electron chi connectivity index (χ4n) is 2.60. The largest absolute Gasteiger partial charge is 0.459 e. The Kier molecular flexibility index (Phi) is 7.70. The molecule has 0 atom stereocenters. The van der Waals surface area contributed by atoms with E-state index in [1.54, 1.807) is 18.2 Å². The Morgan fingerprint density at radius 2 is 1.70 bits per heavy atom. The van der Waals surface area contributed by atoms with Crippen molar-refractivity contribution >= 4 is 45.0 Å². The number of nitrogens with one attached hydrogen (secondary N) is 4. The van der Waals surface area contributed by atoms with Crippen LogP contribution in [0.3, 0.4) is 0 Å². The zero-order valence-corrected chi connectivity index (χ0v) is 18.6. The van der Waals surface area contributed by atoms with E-state index >= 15 is 0 Å². The van der Waals surface area contributed by atoms with Crippen LogP contribution in [-0.4, -0.2) is 32.7 Å². The maximum Gasteiger partial charge on any atom is 0.286 e. The number of hydrogen-bond donors (Lipinski definition) is 4. The van der Waals surface area contributed by atoms with Crippen molar-refractivity contribution < 1.29 is 27.2 Å². The third-order valence-corrected chi connectivity index (χ3v) is 5.92. The lowest BCUT2D eigenvalue weighted by Gasteiger charge is -2.11. The van der Waals surface area contributed by atoms with Gasteiger partial charge in [0.05, 0.1) is 21.9 Å². The molecule has 4 N–H and O–H groups in total. The van der Waals surface area contributed by atoms with Gasteiger partial charge < -0.3 is 9.73 Å². The van der Waals surface area contributed by atoms with Crippen LogP contribution in [0.4, 0.5) is 5.69 Å². The number of amides is 3. The van der Waals surface area contributed by atoms with E-state index in [1.165, 1.54) is 42.7 Å². The molecule has 10 nitrogen and oxygen atoms in total. The summed E-state index contributed by atoms with van der Waals surface area (Å²) in [6, 6.07) is 14.6. The Bertz CT molecular complexity index is 1260. The number of carbonyl (C=O) groups excluding carboxylic acids is 3. The van der Waals surface area contributed by atoms with Crippen molar-refractivity contribution in [3.8, 4) is 0 Å². The molecule has 0 fully saturated rings. The monoisotopic (exact) mass is 490 g/mol. The average Bonchev–Trinajstić information content (AvgIpc) is 3.34. The van der Waals surface area contributed by atoms with Gasteiger partial charge in [0.2, 0.25) is 5.91 Å². The fourth-order valence-corrected chi connectivity index (χ4v) is 3.96. The van der Waals surface area contributed by atoms with Crippen LogP contribution in [0.1, 0.15) is 27.3 Å². The lowest BCUT2D eigenvalue weighted by atomic mass is 10.2. The van der Waals surface area contributed by atoms with Crippen molar-refractivity contribution in [1.29, 1.82) is 0 Å². The summed E-state index contributed by atoms with van der Waals surface area (Å²) in [4.78, 5) is 35.8. The predicted octanol–water partition coefficient (Wildman–Crippen LogP) is 2.31. The van der Waals surface area contributed by atoms with E-state index in [4.69, 9.17) is 16.0 Å². The molecule has 12 heteroatoms. The van der Waals surface area contributed by atoms with Crippen molar-refractivity contribution in [3.05, 3.63) is 83.3 Å². The van der Waals surface area contributed by atoms with Gasteiger partial charge >= 0.3 is 0 Å². The van der Waals surface area contributed by atoms with Crippen molar-refractivity contribution in [3.63, 3.8) is 0 Å². The molecule has 1 aromatic heterocycles. The first-order valence-electron chi connectivity index (χ1n) is 9.54. The first-order chi connectivity index (χ1) is 15.8. The molecule has 3 amide bonds. The topological polar surface area (TPSA) is 147 Å². The van der Waals surface area contributed by atoms with Crippen LogP contribution in [0.25, 0.3) is 0 Å². The minimum atomic E-state index is -4.01. The summed E-state index contributed by atoms with van der Waals surface area (Å²) < 4.78 is 32.6. The van der Waals surface area contributed by atoms with E-state index in [2.05, 4.69) is 20.9 Å². The summed E-state index contributed by atoms with van der Waals surface area (Å²) in [6.07, 6.45) is 1.24. The molecule has 2 aromatic carbocycles. The average molecular weight is 491 g/mol. The molecule has 3 aromatic rings. The summed E-state index contributed by atoms with van der Waals surface area (Å²) in [6.45, 7) is 0.0165. The Morgan fingerprint density at radius 3 is 2.42 bits per heavy atom. The molecule has 0 aliphatic heterocycles. The maximum atomic E-state index is 12.6. The van der Waals surface area contributed by atoms with Crippen LogP contribution in [-0.2, 0) is 14.8 Å². The molecule has 0 radical (unpaired) electrons. The SMILES string of the molecule is O=C(CCNC(=O)c1ccco1)NNC(=O)c1cccc(S(=O)(=O)Nc2ccccc2Cl)c1. The molecule has 0 bridgehead atoms. The number of benzene rings is 2. The first-order valence-corrected chi connectivity index (χ1v) is 11.4. The van der Waals surface area contributed by atoms with Gasteiger partial charge in [-0.1, -0.05) is 29.8 Å². The van der Waals surface area contributed by atoms with Crippen molar-refractivity contribution in [2.24, 2.45) is 0 Å². The van der Waals surface area contributed by atoms with Crippen LogP contribution in [0, 0.1) is 0 Å². The number of rotatable bonds is 8. The molecule has 33 heavy (non-hydrogen) atoms. The quantitative estimate of drug-likeness (QED) is 0.356. The standard InChI is InChI=1S/C21H19ClN4O6S/c22-16-7-1-2-8-17(16)26-33(30,31)15-6-3-5-14(13-15)20(28)25-24-19(27)10-11-23-21(29)18-9-4-12-32-18/h1-9,12-13,26H,10-11H2,(H,23,29)(H,24,27)(H,25,28). The van der Waals surface area contributed by atoms with Crippen LogP contribution < -0.4 is 20.9 Å². The van der Waals surface area contributed by atoms with Crippen molar-refractivity contribution in [1.82, 2.24) is 16.2 Å². The number of halogens is 1. The normalized spacial score (nSPS) is 10.8. The van der Waals surface area contributed by atoms with E-state index in [0.717, 1.165) is 6.07 Å². The molecular formula is C21H19ClN4O6S. The highest BCUT2D eigenvalue weighted by molar-refractivity contribution is 7.92. The number of hydrazine groups is 1. The van der Waals surface area contributed by atoms with Gasteiger partial charge in [0.15, 0.2) is 5.76 Å². The molecule has 3 rings (SSSR count). The van der Waals surface area contributed by atoms with Gasteiger partial charge in [0.25, 0.3) is 21.8 Å². The molecule has 0 saturated heterocycles. The smallest absolute Gasteiger partial charge is 0.286 e. The van der Waals surface area contributed by atoms with Gasteiger partial charge in [-0.2, -0.15) is 0 Å². The zero-order valence-electron chi connectivity index (χ0n) is 17.0. The first kappa shape index (κ1) is 23.8. The van der Waals surface area contributed by atoms with Gasteiger partial charge in [0, 0.05) is 18.5 Å². The second-order valence-corrected chi connectivity index (χ2v) is 8.69. The predicted molar refractivity (Wildman–Crippen MR) is 120 cm³/mol. The summed E-state index contributed by atoms with van der Waals surface area (Å²) in [5, 5.41) is 2.71. The van der Waals surface area contributed by atoms with Gasteiger partial charge in [0.1, 0.15) is 0 Å². The molecule has 0 saturated carbocycles. The molecule has 0 spiro atoms. The van der Waals surface area contributed by atoms with Crippen LogP contribution in [0.5, 0.6) is 0 Å². The number of para-hydroxylation sites is 1.